The predicted octanol–water partition coefficient (Wildman–Crippen LogP) is 3.02. The number of rotatable bonds is 7. The van der Waals surface area contributed by atoms with Crippen LogP contribution in [0.25, 0.3) is 0 Å². The second-order valence-electron chi connectivity index (χ2n) is 7.92. The van der Waals surface area contributed by atoms with Gasteiger partial charge >= 0.3 is 11.9 Å². The van der Waals surface area contributed by atoms with Gasteiger partial charge in [-0.25, -0.2) is 9.18 Å². The summed E-state index contributed by atoms with van der Waals surface area (Å²) in [6.07, 6.45) is 0.413. The standard InChI is InChI=1S/C24H28FNO6/c1-5-31-9-10-32-24(29)19-14(3)26-17-11-13(2)18(23(28)30-4)22(27)21(17)20(19)15-7-6-8-16(25)12-15/h6-8,12-13,18,20,26H,5,9-11H2,1-4H3/t13-,18+,20-/m1/s1. The van der Waals surface area contributed by atoms with Crippen LogP contribution in [0.15, 0.2) is 46.8 Å². The average Bonchev–Trinajstić information content (AvgIpc) is 2.75. The zero-order valence-corrected chi connectivity index (χ0v) is 18.7. The maximum absolute atomic E-state index is 14.1. The first-order valence-corrected chi connectivity index (χ1v) is 10.6. The van der Waals surface area contributed by atoms with Crippen molar-refractivity contribution >= 4 is 17.7 Å². The zero-order chi connectivity index (χ0) is 23.4. The Morgan fingerprint density at radius 2 is 2.00 bits per heavy atom. The number of ether oxygens (including phenoxy) is 3. The molecule has 1 aliphatic carbocycles. The Balaban J connectivity index is 2.07. The third-order valence-corrected chi connectivity index (χ3v) is 5.81. The van der Waals surface area contributed by atoms with Gasteiger partial charge in [0.05, 0.1) is 19.3 Å². The van der Waals surface area contributed by atoms with Crippen LogP contribution >= 0.6 is 0 Å². The van der Waals surface area contributed by atoms with Crippen molar-refractivity contribution in [3.63, 3.8) is 0 Å². The monoisotopic (exact) mass is 445 g/mol. The maximum Gasteiger partial charge on any atom is 0.336 e. The Morgan fingerprint density at radius 3 is 2.66 bits per heavy atom. The average molecular weight is 445 g/mol. The summed E-state index contributed by atoms with van der Waals surface area (Å²) in [6, 6.07) is 5.76. The predicted molar refractivity (Wildman–Crippen MR) is 114 cm³/mol. The van der Waals surface area contributed by atoms with Crippen molar-refractivity contribution in [3.8, 4) is 0 Å². The molecule has 2 aliphatic rings. The summed E-state index contributed by atoms with van der Waals surface area (Å²) < 4.78 is 29.6. The summed E-state index contributed by atoms with van der Waals surface area (Å²) in [7, 11) is 1.24. The molecule has 3 rings (SSSR count). The fraction of sp³-hybridized carbons (Fsp3) is 0.458. The highest BCUT2D eigenvalue weighted by atomic mass is 19.1. The van der Waals surface area contributed by atoms with Gasteiger partial charge in [-0.1, -0.05) is 19.1 Å². The van der Waals surface area contributed by atoms with Crippen LogP contribution in [0.3, 0.4) is 0 Å². The van der Waals surface area contributed by atoms with Crippen molar-refractivity contribution in [2.75, 3.05) is 26.9 Å². The van der Waals surface area contributed by atoms with E-state index in [0.717, 1.165) is 0 Å². The molecule has 1 aromatic carbocycles. The molecular weight excluding hydrogens is 417 g/mol. The lowest BCUT2D eigenvalue weighted by atomic mass is 9.69. The Bertz CT molecular complexity index is 982. The summed E-state index contributed by atoms with van der Waals surface area (Å²) in [5.41, 5.74) is 2.06. The summed E-state index contributed by atoms with van der Waals surface area (Å²) in [4.78, 5) is 39.0. The van der Waals surface area contributed by atoms with E-state index in [0.29, 0.717) is 30.0 Å². The van der Waals surface area contributed by atoms with Gasteiger partial charge in [-0.15, -0.1) is 0 Å². The molecule has 172 valence electrons. The van der Waals surface area contributed by atoms with Crippen molar-refractivity contribution < 1.29 is 33.0 Å². The first-order chi connectivity index (χ1) is 15.3. The molecule has 7 nitrogen and oxygen atoms in total. The van der Waals surface area contributed by atoms with E-state index in [1.165, 1.54) is 25.3 Å². The van der Waals surface area contributed by atoms with Crippen molar-refractivity contribution in [1.29, 1.82) is 0 Å². The normalized spacial score (nSPS) is 22.9. The minimum atomic E-state index is -0.995. The lowest BCUT2D eigenvalue weighted by Gasteiger charge is -2.38. The van der Waals surface area contributed by atoms with E-state index in [4.69, 9.17) is 14.2 Å². The topological polar surface area (TPSA) is 90.9 Å². The van der Waals surface area contributed by atoms with Crippen LogP contribution in [0, 0.1) is 17.7 Å². The number of Topliss-reactive ketones (excluding diaryl/α,β-unsaturated/α-hetero) is 1. The number of ketones is 1. The SMILES string of the molecule is CCOCCOC(=O)C1=C(C)NC2=C(C(=O)[C@@H](C(=O)OC)[C@H](C)C2)[C@@H]1c1cccc(F)c1. The van der Waals surface area contributed by atoms with Crippen molar-refractivity contribution in [2.24, 2.45) is 11.8 Å². The van der Waals surface area contributed by atoms with Crippen LogP contribution in [-0.2, 0) is 28.6 Å². The van der Waals surface area contributed by atoms with Crippen LogP contribution in [0.2, 0.25) is 0 Å². The Hall–Kier alpha value is -3.00. The fourth-order valence-electron chi connectivity index (χ4n) is 4.39. The second-order valence-corrected chi connectivity index (χ2v) is 7.92. The fourth-order valence-corrected chi connectivity index (χ4v) is 4.39. The maximum atomic E-state index is 14.1. The van der Waals surface area contributed by atoms with Crippen LogP contribution in [0.1, 0.15) is 38.7 Å². The van der Waals surface area contributed by atoms with Gasteiger partial charge in [-0.2, -0.15) is 0 Å². The molecule has 0 aromatic heterocycles. The van der Waals surface area contributed by atoms with E-state index in [-0.39, 0.29) is 30.3 Å². The van der Waals surface area contributed by atoms with Crippen LogP contribution in [-0.4, -0.2) is 44.7 Å². The molecule has 0 spiro atoms. The number of hydrogen-bond acceptors (Lipinski definition) is 7. The molecule has 8 heteroatoms. The summed E-state index contributed by atoms with van der Waals surface area (Å²) in [5.74, 6) is -4.33. The van der Waals surface area contributed by atoms with E-state index in [1.807, 2.05) is 6.92 Å². The van der Waals surface area contributed by atoms with Gasteiger partial charge in [0.25, 0.3) is 0 Å². The number of hydrogen-bond donors (Lipinski definition) is 1. The minimum Gasteiger partial charge on any atom is -0.468 e. The van der Waals surface area contributed by atoms with E-state index < -0.39 is 35.4 Å². The molecule has 0 unspecified atom stereocenters. The molecule has 0 bridgehead atoms. The van der Waals surface area contributed by atoms with Gasteiger partial charge in [0.1, 0.15) is 18.3 Å². The molecule has 1 N–H and O–H groups in total. The summed E-state index contributed by atoms with van der Waals surface area (Å²) >= 11 is 0. The van der Waals surface area contributed by atoms with Crippen molar-refractivity contribution in [1.82, 2.24) is 5.32 Å². The van der Waals surface area contributed by atoms with Crippen LogP contribution in [0.5, 0.6) is 0 Å². The highest BCUT2D eigenvalue weighted by Gasteiger charge is 2.47. The summed E-state index contributed by atoms with van der Waals surface area (Å²) in [6.45, 7) is 6.13. The lowest BCUT2D eigenvalue weighted by Crippen LogP contribution is -2.43. The van der Waals surface area contributed by atoms with Gasteiger partial charge in [-0.05, 0) is 43.9 Å². The summed E-state index contributed by atoms with van der Waals surface area (Å²) in [5, 5.41) is 3.16. The van der Waals surface area contributed by atoms with E-state index in [1.54, 1.807) is 19.9 Å². The smallest absolute Gasteiger partial charge is 0.336 e. The van der Waals surface area contributed by atoms with E-state index in [9.17, 15) is 18.8 Å². The van der Waals surface area contributed by atoms with Gasteiger partial charge in [0.15, 0.2) is 5.78 Å². The van der Waals surface area contributed by atoms with Gasteiger partial charge in [0, 0.05) is 29.5 Å². The number of benzene rings is 1. The quantitative estimate of drug-likeness (QED) is 0.392. The zero-order valence-electron chi connectivity index (χ0n) is 18.7. The third-order valence-electron chi connectivity index (χ3n) is 5.81. The second kappa shape index (κ2) is 10.1. The van der Waals surface area contributed by atoms with E-state index in [2.05, 4.69) is 5.32 Å². The molecule has 0 saturated heterocycles. The van der Waals surface area contributed by atoms with Crippen molar-refractivity contribution in [3.05, 3.63) is 58.2 Å². The largest absolute Gasteiger partial charge is 0.468 e. The number of halogens is 1. The molecule has 1 aromatic rings. The number of dihydropyridines is 1. The van der Waals surface area contributed by atoms with E-state index >= 15 is 0 Å². The number of esters is 2. The Kier molecular flexibility index (Phi) is 7.45. The Morgan fingerprint density at radius 1 is 1.25 bits per heavy atom. The molecular formula is C24H28FNO6. The number of carbonyl (C=O) groups is 3. The molecule has 1 heterocycles. The molecule has 3 atom stereocenters. The third kappa shape index (κ3) is 4.60. The first-order valence-electron chi connectivity index (χ1n) is 10.6. The van der Waals surface area contributed by atoms with Gasteiger partial charge in [-0.3, -0.25) is 9.59 Å². The van der Waals surface area contributed by atoms with Gasteiger partial charge in [0.2, 0.25) is 0 Å². The highest BCUT2D eigenvalue weighted by molar-refractivity contribution is 6.12. The molecule has 1 aliphatic heterocycles. The highest BCUT2D eigenvalue weighted by Crippen LogP contribution is 2.45. The van der Waals surface area contributed by atoms with Crippen molar-refractivity contribution in [2.45, 2.75) is 33.1 Å². The van der Waals surface area contributed by atoms with Crippen LogP contribution in [0.4, 0.5) is 4.39 Å². The number of carbonyl (C=O) groups excluding carboxylic acids is 3. The van der Waals surface area contributed by atoms with Crippen LogP contribution < -0.4 is 5.32 Å². The van der Waals surface area contributed by atoms with Gasteiger partial charge < -0.3 is 19.5 Å². The Labute approximate surface area is 186 Å². The first kappa shape index (κ1) is 23.7. The molecule has 0 amide bonds. The number of nitrogens with one attached hydrogen (secondary N) is 1. The number of methoxy groups -OCH3 is 1. The lowest BCUT2D eigenvalue weighted by molar-refractivity contribution is -0.151. The molecule has 0 saturated carbocycles. The molecule has 32 heavy (non-hydrogen) atoms. The molecule has 0 fully saturated rings. The molecule has 0 radical (unpaired) electrons. The number of allylic oxidation sites excluding steroid dienone is 3. The minimum absolute atomic E-state index is 0.0427.